The number of hydrogen-bond donors (Lipinski definition) is 1. The minimum Gasteiger partial charge on any atom is -0.508 e. The van der Waals surface area contributed by atoms with Gasteiger partial charge in [0.1, 0.15) is 22.7 Å². The number of rotatable bonds is 4. The Balaban J connectivity index is 1.81. The van der Waals surface area contributed by atoms with E-state index in [1.54, 1.807) is 18.2 Å². The molecule has 0 fully saturated rings. The molecule has 0 saturated heterocycles. The SMILES string of the molecule is CC(C)(C)OC(=O)c1cc(-c2ccccc2)cc(-c2ccccc2)c1-c1c2ccc(=O)cc-2oc2cc(O)ccc12. The van der Waals surface area contributed by atoms with Gasteiger partial charge in [0, 0.05) is 34.2 Å². The Morgan fingerprint density at radius 2 is 1.39 bits per heavy atom. The minimum absolute atomic E-state index is 0.0277. The Kier molecular flexibility index (Phi) is 6.43. The summed E-state index contributed by atoms with van der Waals surface area (Å²) >= 11 is 0. The molecule has 0 bridgehead atoms. The molecule has 5 heteroatoms. The van der Waals surface area contributed by atoms with Gasteiger partial charge in [0.25, 0.3) is 0 Å². The summed E-state index contributed by atoms with van der Waals surface area (Å²) in [5.41, 5.74) is 5.41. The molecule has 41 heavy (non-hydrogen) atoms. The summed E-state index contributed by atoms with van der Waals surface area (Å²) in [5.74, 6) is -0.0874. The van der Waals surface area contributed by atoms with E-state index in [0.717, 1.165) is 22.3 Å². The second kappa shape index (κ2) is 10.1. The second-order valence-electron chi connectivity index (χ2n) is 11.0. The van der Waals surface area contributed by atoms with Crippen LogP contribution in [0.2, 0.25) is 0 Å². The van der Waals surface area contributed by atoms with Gasteiger partial charge in [0.05, 0.1) is 5.56 Å². The zero-order chi connectivity index (χ0) is 28.7. The molecule has 1 heterocycles. The van der Waals surface area contributed by atoms with E-state index in [-0.39, 0.29) is 11.2 Å². The Morgan fingerprint density at radius 3 is 2.07 bits per heavy atom. The van der Waals surface area contributed by atoms with Crippen molar-refractivity contribution in [2.45, 2.75) is 26.4 Å². The molecule has 0 spiro atoms. The molecule has 0 aromatic heterocycles. The molecule has 4 aromatic carbocycles. The Bertz CT molecular complexity index is 1930. The average molecular weight is 541 g/mol. The van der Waals surface area contributed by atoms with Gasteiger partial charge in [-0.15, -0.1) is 0 Å². The van der Waals surface area contributed by atoms with Crippen molar-refractivity contribution in [1.29, 1.82) is 0 Å². The number of hydrogen-bond acceptors (Lipinski definition) is 5. The summed E-state index contributed by atoms with van der Waals surface area (Å²) < 4.78 is 12.1. The fraction of sp³-hybridized carbons (Fsp3) is 0.111. The molecule has 0 amide bonds. The quantitative estimate of drug-likeness (QED) is 0.179. The van der Waals surface area contributed by atoms with Gasteiger partial charge in [0.15, 0.2) is 5.43 Å². The fourth-order valence-electron chi connectivity index (χ4n) is 5.18. The number of carbonyl (C=O) groups is 1. The first-order valence-electron chi connectivity index (χ1n) is 13.4. The Hall–Kier alpha value is -5.16. The summed E-state index contributed by atoms with van der Waals surface area (Å²) in [4.78, 5) is 26.4. The topological polar surface area (TPSA) is 76.7 Å². The van der Waals surface area contributed by atoms with Crippen LogP contribution in [0.15, 0.2) is 118 Å². The molecular formula is C36H28O5. The summed E-state index contributed by atoms with van der Waals surface area (Å²) in [6.07, 6.45) is 0. The van der Waals surface area contributed by atoms with Gasteiger partial charge in [-0.05, 0) is 79.4 Å². The van der Waals surface area contributed by atoms with E-state index in [0.29, 0.717) is 39.0 Å². The average Bonchev–Trinajstić information content (AvgIpc) is 2.95. The van der Waals surface area contributed by atoms with E-state index in [1.807, 2.05) is 87.5 Å². The number of esters is 1. The molecule has 1 N–H and O–H groups in total. The van der Waals surface area contributed by atoms with E-state index >= 15 is 0 Å². The predicted molar refractivity (Wildman–Crippen MR) is 162 cm³/mol. The van der Waals surface area contributed by atoms with Crippen LogP contribution in [-0.4, -0.2) is 16.7 Å². The molecule has 4 aromatic rings. The molecule has 0 radical (unpaired) electrons. The molecule has 6 rings (SSSR count). The van der Waals surface area contributed by atoms with Gasteiger partial charge in [-0.3, -0.25) is 4.79 Å². The maximum absolute atomic E-state index is 14.1. The lowest BCUT2D eigenvalue weighted by Crippen LogP contribution is -2.24. The van der Waals surface area contributed by atoms with Crippen LogP contribution in [0.4, 0.5) is 0 Å². The first kappa shape index (κ1) is 26.1. The highest BCUT2D eigenvalue weighted by Gasteiger charge is 2.28. The predicted octanol–water partition coefficient (Wildman–Crippen LogP) is 8.56. The molecule has 2 aliphatic rings. The zero-order valence-electron chi connectivity index (χ0n) is 23.0. The van der Waals surface area contributed by atoms with Crippen molar-refractivity contribution in [2.24, 2.45) is 0 Å². The molecule has 0 unspecified atom stereocenters. The number of benzene rings is 5. The standard InChI is InChI=1S/C36H28O5/c1-36(2,3)41-35(39)30-19-24(22-10-6-4-7-11-22)18-29(23-12-8-5-9-13-23)34(30)33-27-16-14-25(37)20-31(27)40-32-21-26(38)15-17-28(32)33/h4-21,37H,1-3H3. The van der Waals surface area contributed by atoms with E-state index in [9.17, 15) is 14.7 Å². The highest BCUT2D eigenvalue weighted by molar-refractivity contribution is 6.12. The van der Waals surface area contributed by atoms with Gasteiger partial charge in [-0.1, -0.05) is 60.7 Å². The van der Waals surface area contributed by atoms with Gasteiger partial charge in [-0.25, -0.2) is 4.79 Å². The summed E-state index contributed by atoms with van der Waals surface area (Å²) in [5, 5.41) is 11.0. The lowest BCUT2D eigenvalue weighted by molar-refractivity contribution is 0.00705. The van der Waals surface area contributed by atoms with Crippen molar-refractivity contribution < 1.29 is 19.1 Å². The molecular weight excluding hydrogens is 512 g/mol. The van der Waals surface area contributed by atoms with Gasteiger partial charge >= 0.3 is 5.97 Å². The maximum atomic E-state index is 14.1. The number of carbonyl (C=O) groups excluding carboxylic acids is 1. The largest absolute Gasteiger partial charge is 0.508 e. The summed E-state index contributed by atoms with van der Waals surface area (Å²) in [7, 11) is 0. The lowest BCUT2D eigenvalue weighted by atomic mass is 9.83. The van der Waals surface area contributed by atoms with Crippen LogP contribution in [0.3, 0.4) is 0 Å². The molecule has 0 saturated carbocycles. The van der Waals surface area contributed by atoms with E-state index in [2.05, 4.69) is 6.07 Å². The summed E-state index contributed by atoms with van der Waals surface area (Å²) in [6.45, 7) is 5.53. The van der Waals surface area contributed by atoms with Crippen molar-refractivity contribution in [3.05, 3.63) is 125 Å². The third-order valence-corrected chi connectivity index (χ3v) is 6.88. The van der Waals surface area contributed by atoms with E-state index < -0.39 is 11.6 Å². The lowest BCUT2D eigenvalue weighted by Gasteiger charge is -2.24. The van der Waals surface area contributed by atoms with Crippen molar-refractivity contribution in [2.75, 3.05) is 0 Å². The third-order valence-electron chi connectivity index (χ3n) is 6.88. The van der Waals surface area contributed by atoms with Crippen LogP contribution in [0.5, 0.6) is 5.75 Å². The van der Waals surface area contributed by atoms with Crippen LogP contribution in [0, 0.1) is 0 Å². The second-order valence-corrected chi connectivity index (χ2v) is 11.0. The number of fused-ring (bicyclic) bond motifs is 2. The van der Waals surface area contributed by atoms with Crippen molar-refractivity contribution >= 4 is 16.9 Å². The van der Waals surface area contributed by atoms with Crippen molar-refractivity contribution in [3.63, 3.8) is 0 Å². The van der Waals surface area contributed by atoms with Crippen LogP contribution in [0.1, 0.15) is 31.1 Å². The fourth-order valence-corrected chi connectivity index (χ4v) is 5.18. The van der Waals surface area contributed by atoms with E-state index in [4.69, 9.17) is 9.15 Å². The zero-order valence-corrected chi connectivity index (χ0v) is 23.0. The van der Waals surface area contributed by atoms with Gasteiger partial charge in [-0.2, -0.15) is 0 Å². The number of ether oxygens (including phenoxy) is 1. The molecule has 5 nitrogen and oxygen atoms in total. The normalized spacial score (nSPS) is 11.6. The van der Waals surface area contributed by atoms with Crippen LogP contribution >= 0.6 is 0 Å². The molecule has 1 aliphatic carbocycles. The van der Waals surface area contributed by atoms with E-state index in [1.165, 1.54) is 18.2 Å². The van der Waals surface area contributed by atoms with Crippen LogP contribution in [-0.2, 0) is 4.74 Å². The highest BCUT2D eigenvalue weighted by atomic mass is 16.6. The number of phenols is 1. The molecule has 0 atom stereocenters. The Morgan fingerprint density at radius 1 is 0.707 bits per heavy atom. The third kappa shape index (κ3) is 5.10. The molecule has 202 valence electrons. The monoisotopic (exact) mass is 540 g/mol. The first-order chi connectivity index (χ1) is 19.7. The van der Waals surface area contributed by atoms with Gasteiger partial charge < -0.3 is 14.3 Å². The first-order valence-corrected chi connectivity index (χ1v) is 13.4. The van der Waals surface area contributed by atoms with Crippen LogP contribution < -0.4 is 5.43 Å². The van der Waals surface area contributed by atoms with Gasteiger partial charge in [0.2, 0.25) is 0 Å². The molecule has 1 aliphatic heterocycles. The van der Waals surface area contributed by atoms with Crippen molar-refractivity contribution in [3.8, 4) is 50.5 Å². The maximum Gasteiger partial charge on any atom is 0.339 e. The highest BCUT2D eigenvalue weighted by Crippen LogP contribution is 2.47. The minimum atomic E-state index is -0.733. The van der Waals surface area contributed by atoms with Crippen LogP contribution in [0.25, 0.3) is 55.7 Å². The number of aromatic hydroxyl groups is 1. The number of phenolic OH excluding ortho intramolecular Hbond substituents is 1. The Labute approximate surface area is 237 Å². The smallest absolute Gasteiger partial charge is 0.339 e. The van der Waals surface area contributed by atoms with Crippen molar-refractivity contribution in [1.82, 2.24) is 0 Å². The summed E-state index contributed by atoms with van der Waals surface area (Å²) in [6, 6.07) is 33.2.